The number of carbonyl (C=O) groups excluding carboxylic acids is 3. The van der Waals surface area contributed by atoms with E-state index >= 15 is 0 Å². The maximum atomic E-state index is 12.3. The predicted molar refractivity (Wildman–Crippen MR) is 89.8 cm³/mol. The van der Waals surface area contributed by atoms with Crippen LogP contribution in [-0.4, -0.2) is 39.4 Å². The molecule has 1 atom stereocenters. The van der Waals surface area contributed by atoms with E-state index in [-0.39, 0.29) is 31.6 Å². The van der Waals surface area contributed by atoms with E-state index in [4.69, 9.17) is 10.8 Å². The van der Waals surface area contributed by atoms with Gasteiger partial charge in [-0.3, -0.25) is 19.0 Å². The molecule has 0 saturated heterocycles. The van der Waals surface area contributed by atoms with Gasteiger partial charge >= 0.3 is 5.97 Å². The van der Waals surface area contributed by atoms with Crippen molar-refractivity contribution >= 4 is 34.6 Å². The molecule has 1 aromatic carbocycles. The minimum atomic E-state index is -1.25. The average molecular weight is 345 g/mol. The average Bonchev–Trinajstić information content (AvgIpc) is 3.00. The number of aromatic nitrogens is 1. The summed E-state index contributed by atoms with van der Waals surface area (Å²) in [7, 11) is 0. The van der Waals surface area contributed by atoms with Crippen LogP contribution in [0.25, 0.3) is 10.9 Å². The van der Waals surface area contributed by atoms with Gasteiger partial charge in [0.2, 0.25) is 17.7 Å². The van der Waals surface area contributed by atoms with Gasteiger partial charge in [-0.05, 0) is 18.6 Å². The van der Waals surface area contributed by atoms with Crippen molar-refractivity contribution in [1.29, 1.82) is 0 Å². The molecule has 0 aliphatic carbocycles. The standard InChI is InChI=1S/C17H19N3O5/c18-14(21)6-5-12(17(24)25)19-15(22)7-8-16(23)20-10-9-11-3-1-2-4-13(11)20/h1-4,9-10,12H,5-8H2,(H2,18,21)(H,19,22)(H,24,25). The smallest absolute Gasteiger partial charge is 0.326 e. The lowest BCUT2D eigenvalue weighted by Gasteiger charge is -2.13. The summed E-state index contributed by atoms with van der Waals surface area (Å²) in [5.41, 5.74) is 5.73. The number of nitrogens with two attached hydrogens (primary N) is 1. The van der Waals surface area contributed by atoms with Crippen LogP contribution in [0.1, 0.15) is 30.5 Å². The van der Waals surface area contributed by atoms with Crippen molar-refractivity contribution in [2.24, 2.45) is 5.73 Å². The fourth-order valence-electron chi connectivity index (χ4n) is 2.45. The van der Waals surface area contributed by atoms with Crippen LogP contribution in [0.4, 0.5) is 0 Å². The van der Waals surface area contributed by atoms with Crippen LogP contribution < -0.4 is 11.1 Å². The molecule has 132 valence electrons. The Hall–Kier alpha value is -3.16. The van der Waals surface area contributed by atoms with E-state index in [2.05, 4.69) is 5.32 Å². The van der Waals surface area contributed by atoms with Crippen molar-refractivity contribution in [2.45, 2.75) is 31.7 Å². The van der Waals surface area contributed by atoms with E-state index in [0.717, 1.165) is 10.9 Å². The largest absolute Gasteiger partial charge is 0.480 e. The summed E-state index contributed by atoms with van der Waals surface area (Å²) in [6, 6.07) is 7.96. The number of benzene rings is 1. The lowest BCUT2D eigenvalue weighted by atomic mass is 10.1. The number of fused-ring (bicyclic) bond motifs is 1. The highest BCUT2D eigenvalue weighted by Gasteiger charge is 2.21. The fraction of sp³-hybridized carbons (Fsp3) is 0.294. The first-order valence-corrected chi connectivity index (χ1v) is 7.78. The maximum absolute atomic E-state index is 12.3. The highest BCUT2D eigenvalue weighted by atomic mass is 16.4. The molecule has 0 radical (unpaired) electrons. The summed E-state index contributed by atoms with van der Waals surface area (Å²) in [5, 5.41) is 12.3. The summed E-state index contributed by atoms with van der Waals surface area (Å²) >= 11 is 0. The number of nitrogens with zero attached hydrogens (tertiary/aromatic N) is 1. The second-order valence-corrected chi connectivity index (χ2v) is 5.60. The number of aliphatic carboxylic acids is 1. The summed E-state index contributed by atoms with van der Waals surface area (Å²) in [5.74, 6) is -2.73. The number of rotatable bonds is 8. The first-order chi connectivity index (χ1) is 11.9. The molecule has 8 nitrogen and oxygen atoms in total. The van der Waals surface area contributed by atoms with Crippen LogP contribution >= 0.6 is 0 Å². The van der Waals surface area contributed by atoms with Gasteiger partial charge in [-0.25, -0.2) is 4.79 Å². The number of amides is 2. The molecular formula is C17H19N3O5. The first kappa shape index (κ1) is 18.2. The topological polar surface area (TPSA) is 131 Å². The molecule has 8 heteroatoms. The van der Waals surface area contributed by atoms with Crippen molar-refractivity contribution < 1.29 is 24.3 Å². The quantitative estimate of drug-likeness (QED) is 0.654. The van der Waals surface area contributed by atoms with Crippen LogP contribution in [0.5, 0.6) is 0 Å². The second-order valence-electron chi connectivity index (χ2n) is 5.60. The van der Waals surface area contributed by atoms with E-state index in [9.17, 15) is 19.2 Å². The molecule has 4 N–H and O–H groups in total. The fourth-order valence-corrected chi connectivity index (χ4v) is 2.45. The van der Waals surface area contributed by atoms with E-state index in [1.807, 2.05) is 18.2 Å². The second kappa shape index (κ2) is 8.09. The van der Waals surface area contributed by atoms with Crippen LogP contribution in [0.2, 0.25) is 0 Å². The number of nitrogens with one attached hydrogen (secondary N) is 1. The lowest BCUT2D eigenvalue weighted by molar-refractivity contribution is -0.142. The Bertz CT molecular complexity index is 811. The van der Waals surface area contributed by atoms with Gasteiger partial charge in [0.1, 0.15) is 6.04 Å². The Morgan fingerprint density at radius 1 is 1.08 bits per heavy atom. The molecule has 1 unspecified atom stereocenters. The summed E-state index contributed by atoms with van der Waals surface area (Å²) in [6.07, 6.45) is 1.19. The molecule has 1 aromatic heterocycles. The molecule has 0 fully saturated rings. The summed E-state index contributed by atoms with van der Waals surface area (Å²) in [4.78, 5) is 46.0. The number of carboxylic acids is 1. The molecule has 1 heterocycles. The Morgan fingerprint density at radius 2 is 1.80 bits per heavy atom. The van der Waals surface area contributed by atoms with Crippen LogP contribution in [-0.2, 0) is 14.4 Å². The number of carboxylic acid groups (broad SMARTS) is 1. The van der Waals surface area contributed by atoms with Crippen LogP contribution in [0.3, 0.4) is 0 Å². The van der Waals surface area contributed by atoms with Crippen LogP contribution in [0.15, 0.2) is 36.5 Å². The van der Waals surface area contributed by atoms with Gasteiger partial charge in [0.25, 0.3) is 0 Å². The number of hydrogen-bond donors (Lipinski definition) is 3. The van der Waals surface area contributed by atoms with Crippen molar-refractivity contribution in [3.63, 3.8) is 0 Å². The first-order valence-electron chi connectivity index (χ1n) is 7.78. The molecule has 2 amide bonds. The zero-order chi connectivity index (χ0) is 18.4. The maximum Gasteiger partial charge on any atom is 0.326 e. The van der Waals surface area contributed by atoms with E-state index < -0.39 is 23.8 Å². The molecule has 0 bridgehead atoms. The van der Waals surface area contributed by atoms with E-state index in [1.54, 1.807) is 18.3 Å². The third-order valence-electron chi connectivity index (χ3n) is 3.75. The zero-order valence-electron chi connectivity index (χ0n) is 13.5. The molecule has 2 rings (SSSR count). The van der Waals surface area contributed by atoms with Gasteiger partial charge in [0.15, 0.2) is 0 Å². The van der Waals surface area contributed by atoms with Gasteiger partial charge in [-0.2, -0.15) is 0 Å². The van der Waals surface area contributed by atoms with Gasteiger partial charge in [0.05, 0.1) is 5.52 Å². The Labute approximate surface area is 143 Å². The number of para-hydroxylation sites is 1. The van der Waals surface area contributed by atoms with Gasteiger partial charge in [0, 0.05) is 30.8 Å². The summed E-state index contributed by atoms with van der Waals surface area (Å²) < 4.78 is 1.46. The SMILES string of the molecule is NC(=O)CCC(NC(=O)CCC(=O)n1ccc2ccccc21)C(=O)O. The Kier molecular flexibility index (Phi) is 5.89. The molecular weight excluding hydrogens is 326 g/mol. The van der Waals surface area contributed by atoms with Crippen molar-refractivity contribution in [3.8, 4) is 0 Å². The molecule has 0 spiro atoms. The van der Waals surface area contributed by atoms with E-state index in [0.29, 0.717) is 0 Å². The third-order valence-corrected chi connectivity index (χ3v) is 3.75. The van der Waals surface area contributed by atoms with Crippen molar-refractivity contribution in [1.82, 2.24) is 9.88 Å². The lowest BCUT2D eigenvalue weighted by Crippen LogP contribution is -2.41. The van der Waals surface area contributed by atoms with Gasteiger partial charge < -0.3 is 16.2 Å². The highest BCUT2D eigenvalue weighted by Crippen LogP contribution is 2.15. The number of primary amides is 1. The van der Waals surface area contributed by atoms with Crippen molar-refractivity contribution in [2.75, 3.05) is 0 Å². The minimum absolute atomic E-state index is 0.0628. The molecule has 2 aromatic rings. The van der Waals surface area contributed by atoms with Crippen molar-refractivity contribution in [3.05, 3.63) is 36.5 Å². The van der Waals surface area contributed by atoms with Gasteiger partial charge in [-0.15, -0.1) is 0 Å². The minimum Gasteiger partial charge on any atom is -0.480 e. The van der Waals surface area contributed by atoms with E-state index in [1.165, 1.54) is 4.57 Å². The number of hydrogen-bond acceptors (Lipinski definition) is 4. The Morgan fingerprint density at radius 3 is 2.48 bits per heavy atom. The molecule has 0 aliphatic rings. The summed E-state index contributed by atoms with van der Waals surface area (Å²) in [6.45, 7) is 0. The monoisotopic (exact) mass is 345 g/mol. The van der Waals surface area contributed by atoms with Gasteiger partial charge in [-0.1, -0.05) is 18.2 Å². The molecule has 25 heavy (non-hydrogen) atoms. The molecule has 0 aliphatic heterocycles. The predicted octanol–water partition coefficient (Wildman–Crippen LogP) is 0.897. The highest BCUT2D eigenvalue weighted by molar-refractivity contribution is 5.94. The normalized spacial score (nSPS) is 11.8. The van der Waals surface area contributed by atoms with Crippen LogP contribution in [0, 0.1) is 0 Å². The number of carbonyl (C=O) groups is 4. The Balaban J connectivity index is 1.91. The molecule has 0 saturated carbocycles. The zero-order valence-corrected chi connectivity index (χ0v) is 13.5. The third kappa shape index (κ3) is 4.90.